The summed E-state index contributed by atoms with van der Waals surface area (Å²) in [5.74, 6) is -0.249. The van der Waals surface area contributed by atoms with Crippen LogP contribution in [-0.2, 0) is 11.0 Å². The molecule has 0 aliphatic carbocycles. The lowest BCUT2D eigenvalue weighted by Gasteiger charge is -2.12. The lowest BCUT2D eigenvalue weighted by Crippen LogP contribution is -2.27. The minimum atomic E-state index is -4.36. The number of rotatable bonds is 2. The lowest BCUT2D eigenvalue weighted by atomic mass is 10.1. The maximum Gasteiger partial charge on any atom is 0.416 e. The summed E-state index contributed by atoms with van der Waals surface area (Å²) in [4.78, 5) is 13.2. The van der Waals surface area contributed by atoms with Crippen LogP contribution in [0.4, 0.5) is 13.2 Å². The van der Waals surface area contributed by atoms with E-state index in [1.807, 2.05) is 0 Å². The fourth-order valence-electron chi connectivity index (χ4n) is 2.00. The fourth-order valence-corrected chi connectivity index (χ4v) is 2.00. The SMILES string of the molecule is O=C(C=Cc1ccc(C(F)(F)F)cc1)N1CC[C@H](O)C1. The van der Waals surface area contributed by atoms with Crippen LogP contribution in [0.3, 0.4) is 0 Å². The molecule has 0 radical (unpaired) electrons. The molecule has 1 fully saturated rings. The van der Waals surface area contributed by atoms with E-state index in [-0.39, 0.29) is 5.91 Å². The van der Waals surface area contributed by atoms with Crippen molar-refractivity contribution in [1.82, 2.24) is 4.90 Å². The molecule has 0 unspecified atom stereocenters. The van der Waals surface area contributed by atoms with Gasteiger partial charge in [-0.2, -0.15) is 13.2 Å². The number of alkyl halides is 3. The standard InChI is InChI=1S/C14H14F3NO2/c15-14(16,17)11-4-1-10(2-5-11)3-6-13(20)18-8-7-12(19)9-18/h1-6,12,19H,7-9H2/t12-/m0/s1. The van der Waals surface area contributed by atoms with Crippen molar-refractivity contribution in [2.45, 2.75) is 18.7 Å². The highest BCUT2D eigenvalue weighted by Crippen LogP contribution is 2.29. The summed E-state index contributed by atoms with van der Waals surface area (Å²) in [5, 5.41) is 9.32. The number of likely N-dealkylation sites (tertiary alicyclic amines) is 1. The zero-order valence-corrected chi connectivity index (χ0v) is 10.6. The van der Waals surface area contributed by atoms with Crippen molar-refractivity contribution in [1.29, 1.82) is 0 Å². The van der Waals surface area contributed by atoms with Gasteiger partial charge in [0.05, 0.1) is 11.7 Å². The van der Waals surface area contributed by atoms with Gasteiger partial charge in [-0.15, -0.1) is 0 Å². The third-order valence-corrected chi connectivity index (χ3v) is 3.13. The highest BCUT2D eigenvalue weighted by Gasteiger charge is 2.29. The molecule has 3 nitrogen and oxygen atoms in total. The molecule has 6 heteroatoms. The largest absolute Gasteiger partial charge is 0.416 e. The molecule has 1 atom stereocenters. The summed E-state index contributed by atoms with van der Waals surface area (Å²) >= 11 is 0. The number of nitrogens with zero attached hydrogens (tertiary/aromatic N) is 1. The zero-order valence-electron chi connectivity index (χ0n) is 10.6. The quantitative estimate of drug-likeness (QED) is 0.847. The molecule has 1 heterocycles. The molecule has 1 amide bonds. The van der Waals surface area contributed by atoms with Crippen LogP contribution in [0, 0.1) is 0 Å². The molecule has 1 aliphatic rings. The number of aliphatic hydroxyl groups excluding tert-OH is 1. The van der Waals surface area contributed by atoms with Gasteiger partial charge in [-0.05, 0) is 30.2 Å². The Bertz CT molecular complexity index is 508. The van der Waals surface area contributed by atoms with Gasteiger partial charge in [-0.25, -0.2) is 0 Å². The van der Waals surface area contributed by atoms with Crippen molar-refractivity contribution < 1.29 is 23.1 Å². The molecule has 0 spiro atoms. The Kier molecular flexibility index (Phi) is 4.13. The second-order valence-electron chi connectivity index (χ2n) is 4.68. The number of halogens is 3. The van der Waals surface area contributed by atoms with Crippen molar-refractivity contribution in [3.05, 3.63) is 41.5 Å². The van der Waals surface area contributed by atoms with E-state index in [4.69, 9.17) is 0 Å². The first-order chi connectivity index (χ1) is 9.36. The van der Waals surface area contributed by atoms with E-state index < -0.39 is 17.8 Å². The van der Waals surface area contributed by atoms with Gasteiger partial charge in [0, 0.05) is 19.2 Å². The van der Waals surface area contributed by atoms with Crippen LogP contribution in [0.5, 0.6) is 0 Å². The maximum atomic E-state index is 12.4. The van der Waals surface area contributed by atoms with Gasteiger partial charge in [0.2, 0.25) is 5.91 Å². The number of hydrogen-bond donors (Lipinski definition) is 1. The van der Waals surface area contributed by atoms with Crippen molar-refractivity contribution in [2.75, 3.05) is 13.1 Å². The van der Waals surface area contributed by atoms with E-state index in [2.05, 4.69) is 0 Å². The monoisotopic (exact) mass is 285 g/mol. The first-order valence-corrected chi connectivity index (χ1v) is 6.18. The summed E-state index contributed by atoms with van der Waals surface area (Å²) in [6, 6.07) is 4.57. The first-order valence-electron chi connectivity index (χ1n) is 6.18. The highest BCUT2D eigenvalue weighted by atomic mass is 19.4. The van der Waals surface area contributed by atoms with Crippen molar-refractivity contribution >= 4 is 12.0 Å². The number of β-amino-alcohol motifs (C(OH)–C–C–N with tert-alkyl or cyclic N) is 1. The van der Waals surface area contributed by atoms with Crippen LogP contribution in [0.15, 0.2) is 30.3 Å². The molecule has 108 valence electrons. The van der Waals surface area contributed by atoms with E-state index in [1.54, 1.807) is 0 Å². The number of carbonyl (C=O) groups is 1. The van der Waals surface area contributed by atoms with E-state index in [9.17, 15) is 23.1 Å². The van der Waals surface area contributed by atoms with Crippen LogP contribution < -0.4 is 0 Å². The average molecular weight is 285 g/mol. The molecule has 1 aromatic carbocycles. The Morgan fingerprint density at radius 1 is 1.30 bits per heavy atom. The Balaban J connectivity index is 1.99. The average Bonchev–Trinajstić information content (AvgIpc) is 2.82. The molecule has 0 bridgehead atoms. The highest BCUT2D eigenvalue weighted by molar-refractivity contribution is 5.92. The van der Waals surface area contributed by atoms with Crippen molar-refractivity contribution in [3.63, 3.8) is 0 Å². The second kappa shape index (κ2) is 5.66. The summed E-state index contributed by atoms with van der Waals surface area (Å²) in [7, 11) is 0. The smallest absolute Gasteiger partial charge is 0.391 e. The Morgan fingerprint density at radius 3 is 2.45 bits per heavy atom. The van der Waals surface area contributed by atoms with E-state index in [0.29, 0.717) is 25.1 Å². The van der Waals surface area contributed by atoms with Gasteiger partial charge >= 0.3 is 6.18 Å². The van der Waals surface area contributed by atoms with Crippen LogP contribution in [0.1, 0.15) is 17.5 Å². The topological polar surface area (TPSA) is 40.5 Å². The number of aliphatic hydroxyl groups is 1. The molecule has 0 saturated carbocycles. The van der Waals surface area contributed by atoms with Crippen molar-refractivity contribution in [2.24, 2.45) is 0 Å². The third-order valence-electron chi connectivity index (χ3n) is 3.13. The molecule has 1 aliphatic heterocycles. The summed E-state index contributed by atoms with van der Waals surface area (Å²) in [6.07, 6.45) is -1.52. The first kappa shape index (κ1) is 14.6. The molecular formula is C14H14F3NO2. The summed E-state index contributed by atoms with van der Waals surface area (Å²) in [6.45, 7) is 0.799. The van der Waals surface area contributed by atoms with Gasteiger partial charge in [-0.1, -0.05) is 12.1 Å². The molecule has 2 rings (SSSR count). The lowest BCUT2D eigenvalue weighted by molar-refractivity contribution is -0.137. The van der Waals surface area contributed by atoms with Gasteiger partial charge in [0.15, 0.2) is 0 Å². The van der Waals surface area contributed by atoms with Gasteiger partial charge < -0.3 is 10.0 Å². The maximum absolute atomic E-state index is 12.4. The molecule has 1 aromatic rings. The number of amides is 1. The Hall–Kier alpha value is -1.82. The van der Waals surface area contributed by atoms with E-state index in [1.165, 1.54) is 29.2 Å². The van der Waals surface area contributed by atoms with Crippen LogP contribution in [-0.4, -0.2) is 35.1 Å². The number of hydrogen-bond acceptors (Lipinski definition) is 2. The van der Waals surface area contributed by atoms with Crippen LogP contribution in [0.2, 0.25) is 0 Å². The number of carbonyl (C=O) groups excluding carboxylic acids is 1. The van der Waals surface area contributed by atoms with Crippen LogP contribution in [0.25, 0.3) is 6.08 Å². The van der Waals surface area contributed by atoms with E-state index in [0.717, 1.165) is 12.1 Å². The Labute approximate surface area is 114 Å². The third kappa shape index (κ3) is 3.60. The number of benzene rings is 1. The second-order valence-corrected chi connectivity index (χ2v) is 4.68. The van der Waals surface area contributed by atoms with Crippen LogP contribution >= 0.6 is 0 Å². The van der Waals surface area contributed by atoms with E-state index >= 15 is 0 Å². The fraction of sp³-hybridized carbons (Fsp3) is 0.357. The molecule has 1 N–H and O–H groups in total. The normalized spacial score (nSPS) is 19.8. The minimum absolute atomic E-state index is 0.249. The van der Waals surface area contributed by atoms with Gasteiger partial charge in [0.25, 0.3) is 0 Å². The molecular weight excluding hydrogens is 271 g/mol. The van der Waals surface area contributed by atoms with Gasteiger partial charge in [-0.3, -0.25) is 4.79 Å². The van der Waals surface area contributed by atoms with Gasteiger partial charge in [0.1, 0.15) is 0 Å². The van der Waals surface area contributed by atoms with Crippen molar-refractivity contribution in [3.8, 4) is 0 Å². The molecule has 20 heavy (non-hydrogen) atoms. The zero-order chi connectivity index (χ0) is 14.8. The molecule has 0 aromatic heterocycles. The minimum Gasteiger partial charge on any atom is -0.391 e. The Morgan fingerprint density at radius 2 is 1.95 bits per heavy atom. The molecule has 1 saturated heterocycles. The predicted molar refractivity (Wildman–Crippen MR) is 67.7 cm³/mol. The summed E-state index contributed by atoms with van der Waals surface area (Å²) in [5.41, 5.74) is -0.199. The predicted octanol–water partition coefficient (Wildman–Crippen LogP) is 2.31. The summed E-state index contributed by atoms with van der Waals surface area (Å²) < 4.78 is 37.1.